The summed E-state index contributed by atoms with van der Waals surface area (Å²) < 4.78 is 50.0. The van der Waals surface area contributed by atoms with Gasteiger partial charge < -0.3 is 26.0 Å². The number of nitrogens with zero attached hydrogens (tertiary/aromatic N) is 1. The van der Waals surface area contributed by atoms with Crippen molar-refractivity contribution in [2.45, 2.75) is 56.2 Å². The molecule has 0 atom stereocenters. The molecule has 46 heavy (non-hydrogen) atoms. The van der Waals surface area contributed by atoms with Crippen LogP contribution in [-0.4, -0.2) is 69.4 Å². The minimum atomic E-state index is -3.92. The van der Waals surface area contributed by atoms with Crippen LogP contribution in [0.1, 0.15) is 42.0 Å². The maximum Gasteiger partial charge on any atom is 0.407 e. The van der Waals surface area contributed by atoms with E-state index in [1.54, 1.807) is 0 Å². The van der Waals surface area contributed by atoms with Gasteiger partial charge >= 0.3 is 6.09 Å². The molecule has 2 amide bonds. The van der Waals surface area contributed by atoms with Gasteiger partial charge in [-0.15, -0.1) is 0 Å². The number of carboxylic acid groups (broad SMARTS) is 1. The highest BCUT2D eigenvalue weighted by Crippen LogP contribution is 2.34. The van der Waals surface area contributed by atoms with Crippen LogP contribution in [0.15, 0.2) is 58.3 Å². The lowest BCUT2D eigenvalue weighted by molar-refractivity contribution is -0.114. The van der Waals surface area contributed by atoms with Crippen molar-refractivity contribution in [1.29, 1.82) is 0 Å². The van der Waals surface area contributed by atoms with Crippen LogP contribution in [0.3, 0.4) is 0 Å². The third kappa shape index (κ3) is 8.07. The van der Waals surface area contributed by atoms with Gasteiger partial charge in [0.25, 0.3) is 0 Å². The molecule has 0 radical (unpaired) electrons. The number of carbonyl (C=O) groups is 2. The van der Waals surface area contributed by atoms with Crippen molar-refractivity contribution in [1.82, 2.24) is 9.88 Å². The van der Waals surface area contributed by atoms with Gasteiger partial charge in [0.1, 0.15) is 4.90 Å². The average molecular weight is 669 g/mol. The molecule has 5 N–H and O–H groups in total. The molecule has 11 nitrogen and oxygen atoms in total. The number of aromatic amines is 1. The molecule has 0 aliphatic carbocycles. The van der Waals surface area contributed by atoms with Crippen LogP contribution < -0.4 is 11.1 Å². The molecule has 4 aromatic rings. The molecule has 0 bridgehead atoms. The second-order valence-electron chi connectivity index (χ2n) is 11.8. The fourth-order valence-corrected chi connectivity index (χ4v) is 8.90. The number of rotatable bonds is 12. The lowest BCUT2D eigenvalue weighted by Gasteiger charge is -2.20. The molecule has 3 aromatic carbocycles. The zero-order valence-electron chi connectivity index (χ0n) is 26.6. The molecule has 1 aromatic heterocycles. The van der Waals surface area contributed by atoms with Crippen LogP contribution in [0.25, 0.3) is 22.2 Å². The number of unbranched alkanes of at least 4 members (excludes halogenated alkanes) is 1. The minimum Gasteiger partial charge on any atom is -0.465 e. The van der Waals surface area contributed by atoms with E-state index in [0.717, 1.165) is 51.4 Å². The number of benzene rings is 3. The monoisotopic (exact) mass is 668 g/mol. The van der Waals surface area contributed by atoms with E-state index in [1.165, 1.54) is 24.0 Å². The third-order valence-electron chi connectivity index (χ3n) is 7.73. The molecule has 0 aliphatic heterocycles. The van der Waals surface area contributed by atoms with Crippen molar-refractivity contribution in [2.24, 2.45) is 0 Å². The fourth-order valence-electron chi connectivity index (χ4n) is 5.93. The highest BCUT2D eigenvalue weighted by atomic mass is 32.2. The van der Waals surface area contributed by atoms with Crippen LogP contribution in [0.4, 0.5) is 16.2 Å². The number of nitrogens with one attached hydrogen (secondary N) is 2. The number of aryl methyl sites for hydroxylation is 3. The molecular weight excluding hydrogens is 629 g/mol. The second-order valence-corrected chi connectivity index (χ2v) is 15.7. The van der Waals surface area contributed by atoms with E-state index in [4.69, 9.17) is 5.73 Å². The second kappa shape index (κ2) is 13.6. The number of hydrogen-bond acceptors (Lipinski definition) is 7. The van der Waals surface area contributed by atoms with Gasteiger partial charge in [-0.2, -0.15) is 0 Å². The van der Waals surface area contributed by atoms with Gasteiger partial charge in [-0.05, 0) is 92.6 Å². The summed E-state index contributed by atoms with van der Waals surface area (Å²) in [6, 6.07) is 14.7. The summed E-state index contributed by atoms with van der Waals surface area (Å²) in [6.07, 6.45) is 2.23. The van der Waals surface area contributed by atoms with Crippen molar-refractivity contribution >= 4 is 54.0 Å². The van der Waals surface area contributed by atoms with E-state index in [9.17, 15) is 31.5 Å². The van der Waals surface area contributed by atoms with E-state index in [-0.39, 0.29) is 36.0 Å². The molecule has 246 valence electrons. The van der Waals surface area contributed by atoms with E-state index in [0.29, 0.717) is 30.5 Å². The zero-order valence-corrected chi connectivity index (χ0v) is 28.2. The largest absolute Gasteiger partial charge is 0.465 e. The highest BCUT2D eigenvalue weighted by Gasteiger charge is 2.27. The summed E-state index contributed by atoms with van der Waals surface area (Å²) in [7, 11) is -7.84. The fraction of sp³-hybridized carbons (Fsp3) is 0.333. The number of carbonyl (C=O) groups excluding carboxylic acids is 1. The van der Waals surface area contributed by atoms with Crippen LogP contribution in [-0.2, 0) is 37.3 Å². The van der Waals surface area contributed by atoms with Gasteiger partial charge in [0.15, 0.2) is 19.7 Å². The van der Waals surface area contributed by atoms with Crippen LogP contribution in [0.2, 0.25) is 0 Å². The van der Waals surface area contributed by atoms with Crippen molar-refractivity contribution < 1.29 is 31.5 Å². The number of hydrogen-bond donors (Lipinski definition) is 4. The summed E-state index contributed by atoms with van der Waals surface area (Å²) in [5, 5.41) is 13.7. The Morgan fingerprint density at radius 1 is 0.870 bits per heavy atom. The Morgan fingerprint density at radius 2 is 1.52 bits per heavy atom. The molecular formula is C33H40N4O7S2. The topological polar surface area (TPSA) is 180 Å². The third-order valence-corrected chi connectivity index (χ3v) is 10.2. The number of sulfone groups is 2. The SMILES string of the molecule is CC(=O)Nc1ccc2[nH]c(-c3cc(C)cc(C)c3)c(CCN(CCCCc3ccc(N)c(S(C)(=O)=O)c3S(C)(=O)=O)C(=O)O)c2c1. The molecule has 0 spiro atoms. The van der Waals surface area contributed by atoms with E-state index >= 15 is 0 Å². The van der Waals surface area contributed by atoms with E-state index in [1.807, 2.05) is 32.0 Å². The van der Waals surface area contributed by atoms with Gasteiger partial charge in [-0.3, -0.25) is 4.79 Å². The smallest absolute Gasteiger partial charge is 0.407 e. The maximum atomic E-state index is 12.6. The lowest BCUT2D eigenvalue weighted by atomic mass is 9.99. The Balaban J connectivity index is 1.57. The number of amides is 2. The molecule has 0 unspecified atom stereocenters. The Hall–Kier alpha value is -4.36. The minimum absolute atomic E-state index is 0.134. The number of H-pyrrole nitrogens is 1. The van der Waals surface area contributed by atoms with Gasteiger partial charge in [0.05, 0.1) is 10.6 Å². The van der Waals surface area contributed by atoms with E-state index < -0.39 is 30.7 Å². The summed E-state index contributed by atoms with van der Waals surface area (Å²) in [4.78, 5) is 28.1. The summed E-state index contributed by atoms with van der Waals surface area (Å²) in [6.45, 7) is 5.86. The van der Waals surface area contributed by atoms with Crippen LogP contribution in [0.5, 0.6) is 0 Å². The first-order valence-electron chi connectivity index (χ1n) is 14.8. The van der Waals surface area contributed by atoms with Crippen LogP contribution >= 0.6 is 0 Å². The van der Waals surface area contributed by atoms with Gasteiger partial charge in [-0.1, -0.05) is 23.3 Å². The summed E-state index contributed by atoms with van der Waals surface area (Å²) in [5.74, 6) is -0.196. The highest BCUT2D eigenvalue weighted by molar-refractivity contribution is 7.94. The number of fused-ring (bicyclic) bond motifs is 1. The van der Waals surface area contributed by atoms with Gasteiger partial charge in [0.2, 0.25) is 5.91 Å². The average Bonchev–Trinajstić information content (AvgIpc) is 3.28. The quantitative estimate of drug-likeness (QED) is 0.115. The van der Waals surface area contributed by atoms with Crippen molar-refractivity contribution in [3.63, 3.8) is 0 Å². The molecule has 4 rings (SSSR count). The number of nitrogen functional groups attached to an aromatic ring is 1. The molecule has 13 heteroatoms. The number of anilines is 2. The number of aromatic nitrogens is 1. The van der Waals surface area contributed by atoms with Crippen molar-refractivity contribution in [3.05, 3.63) is 70.8 Å². The standard InChI is InChI=1S/C33H40N4O7S2/c1-20-16-21(2)18-24(17-20)30-26(27-19-25(35-22(3)38)10-12-29(27)36-30)13-15-37(33(39)40)14-7-6-8-23-9-11-28(34)32(46(5,43)44)31(23)45(4,41)42/h9-12,16-19,36H,6-8,13-15,34H2,1-5H3,(H,35,38)(H,39,40). The molecule has 1 heterocycles. The number of nitrogens with two attached hydrogens (primary N) is 1. The van der Waals surface area contributed by atoms with E-state index in [2.05, 4.69) is 28.5 Å². The maximum absolute atomic E-state index is 12.6. The predicted octanol–water partition coefficient (Wildman–Crippen LogP) is 5.34. The van der Waals surface area contributed by atoms with Crippen molar-refractivity contribution in [2.75, 3.05) is 36.7 Å². The Morgan fingerprint density at radius 3 is 2.11 bits per heavy atom. The first kappa shape index (κ1) is 34.5. The summed E-state index contributed by atoms with van der Waals surface area (Å²) in [5.41, 5.74) is 12.5. The lowest BCUT2D eigenvalue weighted by Crippen LogP contribution is -2.32. The Kier molecular flexibility index (Phi) is 10.2. The summed E-state index contributed by atoms with van der Waals surface area (Å²) >= 11 is 0. The zero-order chi connectivity index (χ0) is 34.0. The molecule has 0 fully saturated rings. The van der Waals surface area contributed by atoms with Crippen LogP contribution in [0, 0.1) is 13.8 Å². The molecule has 0 saturated heterocycles. The Labute approximate surface area is 269 Å². The molecule has 0 aliphatic rings. The predicted molar refractivity (Wildman–Crippen MR) is 181 cm³/mol. The van der Waals surface area contributed by atoms with Crippen molar-refractivity contribution in [3.8, 4) is 11.3 Å². The molecule has 0 saturated carbocycles. The van der Waals surface area contributed by atoms with Gasteiger partial charge in [-0.25, -0.2) is 21.6 Å². The first-order chi connectivity index (χ1) is 21.5. The van der Waals surface area contributed by atoms with Gasteiger partial charge in [0, 0.05) is 54.8 Å². The first-order valence-corrected chi connectivity index (χ1v) is 18.5. The normalized spacial score (nSPS) is 11.9. The Bertz CT molecular complexity index is 2010.